The van der Waals surface area contributed by atoms with Crippen LogP contribution >= 0.6 is 23.2 Å². The van der Waals surface area contributed by atoms with E-state index in [1.165, 1.54) is 10.4 Å². The number of allylic oxidation sites excluding steroid dienone is 1. The molecule has 0 saturated carbocycles. The summed E-state index contributed by atoms with van der Waals surface area (Å²) < 4.78 is 6.75. The maximum absolute atomic E-state index is 6.75. The fraction of sp³-hybridized carbons (Fsp3) is 0.333. The largest absolute Gasteiger partial charge is 0.407 e. The van der Waals surface area contributed by atoms with Crippen LogP contribution in [0.4, 0.5) is 0 Å². The molecular weight excluding hydrogens is 367 g/mol. The van der Waals surface area contributed by atoms with Crippen molar-refractivity contribution >= 4 is 41.9 Å². The Labute approximate surface area is 162 Å². The predicted molar refractivity (Wildman–Crippen MR) is 113 cm³/mol. The summed E-state index contributed by atoms with van der Waals surface area (Å²) in [4.78, 5) is 0. The number of hydrogen-bond donors (Lipinski definition) is 0. The molecule has 0 radical (unpaired) electrons. The number of halogens is 2. The first-order valence-electron chi connectivity index (χ1n) is 8.57. The Morgan fingerprint density at radius 1 is 0.960 bits per heavy atom. The Kier molecular flexibility index (Phi) is 7.33. The lowest BCUT2D eigenvalue weighted by Gasteiger charge is -2.43. The molecule has 25 heavy (non-hydrogen) atoms. The second-order valence-electron chi connectivity index (χ2n) is 7.08. The second kappa shape index (κ2) is 9.04. The maximum Gasteiger partial charge on any atom is 0.261 e. The van der Waals surface area contributed by atoms with Gasteiger partial charge >= 0.3 is 0 Å². The van der Waals surface area contributed by atoms with Gasteiger partial charge in [-0.05, 0) is 21.8 Å². The average molecular weight is 393 g/mol. The molecule has 0 unspecified atom stereocenters. The van der Waals surface area contributed by atoms with Gasteiger partial charge in [0.2, 0.25) is 0 Å². The molecular formula is C21H26Cl2OSi. The first-order chi connectivity index (χ1) is 11.9. The van der Waals surface area contributed by atoms with Crippen LogP contribution < -0.4 is 10.4 Å². The van der Waals surface area contributed by atoms with Crippen molar-refractivity contribution in [2.45, 2.75) is 32.2 Å². The van der Waals surface area contributed by atoms with Gasteiger partial charge in [0, 0.05) is 11.6 Å². The standard InChI is InChI=1S/C21H26Cl2OSi/c1-21(2,3)25(19-12-6-4-7-13-19,20-14-8-5-9-15-20)24-16-10-11-18(23)17-22/h4-9,11-15H,10,16-17H2,1-3H3/b18-11-. The van der Waals surface area contributed by atoms with Gasteiger partial charge in [0.05, 0.1) is 5.88 Å². The van der Waals surface area contributed by atoms with Crippen molar-refractivity contribution in [2.24, 2.45) is 0 Å². The van der Waals surface area contributed by atoms with Crippen molar-refractivity contribution in [3.63, 3.8) is 0 Å². The SMILES string of the molecule is CC(C)(C)[Si](OCC/C=C(\Cl)CCl)(c1ccccc1)c1ccccc1. The minimum atomic E-state index is -2.44. The summed E-state index contributed by atoms with van der Waals surface area (Å²) in [7, 11) is -2.44. The van der Waals surface area contributed by atoms with Gasteiger partial charge in [0.1, 0.15) is 0 Å². The fourth-order valence-electron chi connectivity index (χ4n) is 3.24. The van der Waals surface area contributed by atoms with E-state index in [1.807, 2.05) is 6.08 Å². The lowest BCUT2D eigenvalue weighted by atomic mass is 10.2. The highest BCUT2D eigenvalue weighted by Crippen LogP contribution is 2.36. The van der Waals surface area contributed by atoms with Crippen molar-refractivity contribution in [1.29, 1.82) is 0 Å². The molecule has 0 aliphatic rings. The second-order valence-corrected chi connectivity index (χ2v) is 12.1. The lowest BCUT2D eigenvalue weighted by Crippen LogP contribution is -2.66. The Balaban J connectivity index is 2.46. The Morgan fingerprint density at radius 2 is 1.44 bits per heavy atom. The van der Waals surface area contributed by atoms with Crippen LogP contribution in [0.2, 0.25) is 5.04 Å². The summed E-state index contributed by atoms with van der Waals surface area (Å²) in [6, 6.07) is 21.3. The molecule has 4 heteroatoms. The summed E-state index contributed by atoms with van der Waals surface area (Å²) >= 11 is 11.8. The molecule has 0 fully saturated rings. The van der Waals surface area contributed by atoms with E-state index in [0.29, 0.717) is 17.5 Å². The van der Waals surface area contributed by atoms with Crippen molar-refractivity contribution < 1.29 is 4.43 Å². The molecule has 0 aromatic heterocycles. The monoisotopic (exact) mass is 392 g/mol. The quantitative estimate of drug-likeness (QED) is 0.352. The number of rotatable bonds is 7. The highest BCUT2D eigenvalue weighted by molar-refractivity contribution is 6.99. The first kappa shape index (κ1) is 20.3. The molecule has 0 amide bonds. The summed E-state index contributed by atoms with van der Waals surface area (Å²) in [5.41, 5.74) is 0. The van der Waals surface area contributed by atoms with Crippen LogP contribution in [0.1, 0.15) is 27.2 Å². The minimum Gasteiger partial charge on any atom is -0.407 e. The van der Waals surface area contributed by atoms with E-state index >= 15 is 0 Å². The molecule has 0 aliphatic carbocycles. The minimum absolute atomic E-state index is 0.00427. The zero-order chi connectivity index (χ0) is 18.3. The predicted octanol–water partition coefficient (Wildman–Crippen LogP) is 5.31. The zero-order valence-electron chi connectivity index (χ0n) is 15.1. The number of hydrogen-bond acceptors (Lipinski definition) is 1. The average Bonchev–Trinajstić information content (AvgIpc) is 2.62. The highest BCUT2D eigenvalue weighted by Gasteiger charge is 2.49. The van der Waals surface area contributed by atoms with E-state index < -0.39 is 8.32 Å². The molecule has 2 aromatic carbocycles. The smallest absolute Gasteiger partial charge is 0.261 e. The van der Waals surface area contributed by atoms with Crippen LogP contribution in [0.5, 0.6) is 0 Å². The number of benzene rings is 2. The van der Waals surface area contributed by atoms with Crippen LogP contribution in [-0.2, 0) is 4.43 Å². The van der Waals surface area contributed by atoms with Crippen molar-refractivity contribution in [2.75, 3.05) is 12.5 Å². The molecule has 134 valence electrons. The van der Waals surface area contributed by atoms with Gasteiger partial charge < -0.3 is 4.43 Å². The zero-order valence-corrected chi connectivity index (χ0v) is 17.6. The van der Waals surface area contributed by atoms with Crippen molar-refractivity contribution in [1.82, 2.24) is 0 Å². The molecule has 0 spiro atoms. The normalized spacial score (nSPS) is 13.1. The number of alkyl halides is 1. The van der Waals surface area contributed by atoms with Gasteiger partial charge in [-0.2, -0.15) is 0 Å². The molecule has 0 N–H and O–H groups in total. The van der Waals surface area contributed by atoms with Gasteiger partial charge in [0.15, 0.2) is 0 Å². The van der Waals surface area contributed by atoms with Crippen LogP contribution in [-0.4, -0.2) is 20.8 Å². The molecule has 0 aliphatic heterocycles. The molecule has 2 rings (SSSR count). The topological polar surface area (TPSA) is 9.23 Å². The van der Waals surface area contributed by atoms with Gasteiger partial charge in [-0.1, -0.05) is 99.1 Å². The Bertz CT molecular complexity index is 639. The van der Waals surface area contributed by atoms with Crippen molar-refractivity contribution in [3.8, 4) is 0 Å². The summed E-state index contributed by atoms with van der Waals surface area (Å²) in [6.07, 6.45) is 2.71. The Hall–Kier alpha value is -1.06. The Morgan fingerprint density at radius 3 is 1.84 bits per heavy atom. The van der Waals surface area contributed by atoms with Crippen LogP contribution in [0.3, 0.4) is 0 Å². The van der Waals surface area contributed by atoms with Crippen molar-refractivity contribution in [3.05, 3.63) is 71.8 Å². The lowest BCUT2D eigenvalue weighted by molar-refractivity contribution is 0.304. The molecule has 1 nitrogen and oxygen atoms in total. The fourth-order valence-corrected chi connectivity index (χ4v) is 8.04. The van der Waals surface area contributed by atoms with E-state index in [2.05, 4.69) is 81.4 Å². The molecule has 0 saturated heterocycles. The summed E-state index contributed by atoms with van der Waals surface area (Å²) in [5.74, 6) is 0.348. The third kappa shape index (κ3) is 4.76. The highest BCUT2D eigenvalue weighted by atomic mass is 35.5. The first-order valence-corrected chi connectivity index (χ1v) is 11.4. The van der Waals surface area contributed by atoms with E-state index in [4.69, 9.17) is 27.6 Å². The van der Waals surface area contributed by atoms with Gasteiger partial charge in [-0.3, -0.25) is 0 Å². The van der Waals surface area contributed by atoms with E-state index in [0.717, 1.165) is 6.42 Å². The van der Waals surface area contributed by atoms with E-state index in [-0.39, 0.29) is 5.04 Å². The van der Waals surface area contributed by atoms with Gasteiger partial charge in [0.25, 0.3) is 8.32 Å². The van der Waals surface area contributed by atoms with Gasteiger partial charge in [-0.15, -0.1) is 11.6 Å². The summed E-state index contributed by atoms with van der Waals surface area (Å²) in [5, 5.41) is 3.25. The molecule has 0 atom stereocenters. The van der Waals surface area contributed by atoms with Crippen LogP contribution in [0.15, 0.2) is 71.8 Å². The van der Waals surface area contributed by atoms with Gasteiger partial charge in [-0.25, -0.2) is 0 Å². The maximum atomic E-state index is 6.75. The van der Waals surface area contributed by atoms with E-state index in [9.17, 15) is 0 Å². The van der Waals surface area contributed by atoms with Crippen LogP contribution in [0, 0.1) is 0 Å². The van der Waals surface area contributed by atoms with E-state index in [1.54, 1.807) is 0 Å². The van der Waals surface area contributed by atoms with Crippen LogP contribution in [0.25, 0.3) is 0 Å². The third-order valence-corrected chi connectivity index (χ3v) is 10.1. The molecule has 0 heterocycles. The molecule has 2 aromatic rings. The molecule has 0 bridgehead atoms. The summed E-state index contributed by atoms with van der Waals surface area (Å²) in [6.45, 7) is 7.46. The third-order valence-electron chi connectivity index (χ3n) is 4.35.